The van der Waals surface area contributed by atoms with E-state index in [9.17, 15) is 5.26 Å². The van der Waals surface area contributed by atoms with Crippen LogP contribution in [-0.4, -0.2) is 20.8 Å². The van der Waals surface area contributed by atoms with Crippen LogP contribution in [0.25, 0.3) is 5.82 Å². The molecule has 6 heteroatoms. The molecule has 0 aliphatic rings. The molecule has 0 radical (unpaired) electrons. The Morgan fingerprint density at radius 1 is 1.47 bits per heavy atom. The van der Waals surface area contributed by atoms with E-state index in [2.05, 4.69) is 21.5 Å². The number of aromatic nitrogens is 3. The maximum Gasteiger partial charge on any atom is 0.169 e. The minimum Gasteiger partial charge on any atom is -0.382 e. The molecule has 0 aliphatic heterocycles. The number of anilines is 2. The Morgan fingerprint density at radius 2 is 2.21 bits per heavy atom. The average molecular weight is 256 g/mol. The molecule has 2 rings (SSSR count). The number of nitrogens with one attached hydrogen (secondary N) is 1. The average Bonchev–Trinajstić information content (AvgIpc) is 2.65. The summed E-state index contributed by atoms with van der Waals surface area (Å²) in [5.41, 5.74) is 7.37. The quantitative estimate of drug-likeness (QED) is 0.874. The van der Waals surface area contributed by atoms with Gasteiger partial charge in [-0.2, -0.15) is 9.94 Å². The fraction of sp³-hybridized carbons (Fsp3) is 0.308. The van der Waals surface area contributed by atoms with E-state index in [1.165, 1.54) is 4.68 Å². The van der Waals surface area contributed by atoms with Crippen molar-refractivity contribution in [1.29, 1.82) is 5.26 Å². The van der Waals surface area contributed by atoms with Crippen LogP contribution in [0.1, 0.15) is 25.0 Å². The monoisotopic (exact) mass is 256 g/mol. The van der Waals surface area contributed by atoms with Gasteiger partial charge in [0.15, 0.2) is 11.6 Å². The lowest BCUT2D eigenvalue weighted by molar-refractivity contribution is 0.832. The predicted octanol–water partition coefficient (Wildman–Crippen LogP) is 1.85. The third-order valence-corrected chi connectivity index (χ3v) is 2.58. The number of nitrogen functional groups attached to an aromatic ring is 1. The number of nitrogens with two attached hydrogens (primary N) is 1. The van der Waals surface area contributed by atoms with E-state index in [4.69, 9.17) is 5.73 Å². The first-order valence-electron chi connectivity index (χ1n) is 6.01. The molecular formula is C13H16N6. The maximum atomic E-state index is 9.18. The highest BCUT2D eigenvalue weighted by Gasteiger charge is 2.17. The Morgan fingerprint density at radius 3 is 2.79 bits per heavy atom. The lowest BCUT2D eigenvalue weighted by Crippen LogP contribution is -2.11. The summed E-state index contributed by atoms with van der Waals surface area (Å²) in [5.74, 6) is 1.38. The molecule has 0 aromatic carbocycles. The standard InChI is InChI=1S/C13H16N6/c1-8(2)17-13-10(7-14)12(15)19(18-13)11-6-9(3)4-5-16-11/h4-6,8H,15H2,1-3H3,(H,17,18). The van der Waals surface area contributed by atoms with Gasteiger partial charge in [0, 0.05) is 12.2 Å². The van der Waals surface area contributed by atoms with E-state index in [0.717, 1.165) is 5.56 Å². The van der Waals surface area contributed by atoms with Crippen LogP contribution in [0.5, 0.6) is 0 Å². The Hall–Kier alpha value is -2.55. The van der Waals surface area contributed by atoms with Gasteiger partial charge in [0.05, 0.1) is 0 Å². The maximum absolute atomic E-state index is 9.18. The molecule has 0 atom stereocenters. The second-order valence-electron chi connectivity index (χ2n) is 4.62. The highest BCUT2D eigenvalue weighted by atomic mass is 15.4. The fourth-order valence-corrected chi connectivity index (χ4v) is 1.73. The minimum atomic E-state index is 0.167. The summed E-state index contributed by atoms with van der Waals surface area (Å²) in [4.78, 5) is 4.22. The van der Waals surface area contributed by atoms with Crippen molar-refractivity contribution in [3.63, 3.8) is 0 Å². The molecular weight excluding hydrogens is 240 g/mol. The van der Waals surface area contributed by atoms with Gasteiger partial charge in [-0.3, -0.25) is 0 Å². The third-order valence-electron chi connectivity index (χ3n) is 2.58. The fourth-order valence-electron chi connectivity index (χ4n) is 1.73. The van der Waals surface area contributed by atoms with Gasteiger partial charge >= 0.3 is 0 Å². The summed E-state index contributed by atoms with van der Waals surface area (Å²) in [5, 5.41) is 16.6. The molecule has 0 unspecified atom stereocenters. The van der Waals surface area contributed by atoms with Crippen LogP contribution in [0.2, 0.25) is 0 Å². The summed E-state index contributed by atoms with van der Waals surface area (Å²) in [6.07, 6.45) is 1.69. The molecule has 2 aromatic heterocycles. The molecule has 2 aromatic rings. The van der Waals surface area contributed by atoms with Crippen LogP contribution in [0.3, 0.4) is 0 Å². The lowest BCUT2D eigenvalue weighted by Gasteiger charge is -2.06. The number of hydrogen-bond donors (Lipinski definition) is 2. The molecule has 98 valence electrons. The van der Waals surface area contributed by atoms with Gasteiger partial charge in [0.25, 0.3) is 0 Å². The molecule has 0 spiro atoms. The summed E-state index contributed by atoms with van der Waals surface area (Å²) in [6.45, 7) is 5.91. The molecule has 0 saturated heterocycles. The Bertz CT molecular complexity index is 635. The van der Waals surface area contributed by atoms with Gasteiger partial charge in [-0.15, -0.1) is 5.10 Å². The second-order valence-corrected chi connectivity index (χ2v) is 4.62. The number of pyridine rings is 1. The van der Waals surface area contributed by atoms with E-state index in [0.29, 0.717) is 23.0 Å². The summed E-state index contributed by atoms with van der Waals surface area (Å²) >= 11 is 0. The van der Waals surface area contributed by atoms with Crippen LogP contribution in [0.4, 0.5) is 11.6 Å². The number of hydrogen-bond acceptors (Lipinski definition) is 5. The largest absolute Gasteiger partial charge is 0.382 e. The topological polar surface area (TPSA) is 92.5 Å². The SMILES string of the molecule is Cc1ccnc(-n2nc(NC(C)C)c(C#N)c2N)c1. The van der Waals surface area contributed by atoms with Crippen molar-refractivity contribution in [2.75, 3.05) is 11.1 Å². The van der Waals surface area contributed by atoms with Crippen molar-refractivity contribution in [2.24, 2.45) is 0 Å². The van der Waals surface area contributed by atoms with Crippen LogP contribution >= 0.6 is 0 Å². The predicted molar refractivity (Wildman–Crippen MR) is 74.0 cm³/mol. The first kappa shape index (κ1) is 12.9. The summed E-state index contributed by atoms with van der Waals surface area (Å²) < 4.78 is 1.48. The van der Waals surface area contributed by atoms with Crippen molar-refractivity contribution in [3.05, 3.63) is 29.5 Å². The van der Waals surface area contributed by atoms with Gasteiger partial charge in [0.1, 0.15) is 17.5 Å². The molecule has 6 nitrogen and oxygen atoms in total. The smallest absolute Gasteiger partial charge is 0.169 e. The third kappa shape index (κ3) is 2.50. The number of rotatable bonds is 3. The molecule has 0 saturated carbocycles. The van der Waals surface area contributed by atoms with E-state index >= 15 is 0 Å². The zero-order chi connectivity index (χ0) is 14.0. The van der Waals surface area contributed by atoms with Crippen LogP contribution in [0, 0.1) is 18.3 Å². The molecule has 0 aliphatic carbocycles. The first-order chi connectivity index (χ1) is 9.02. The molecule has 0 amide bonds. The first-order valence-corrected chi connectivity index (χ1v) is 6.01. The molecule has 2 heterocycles. The van der Waals surface area contributed by atoms with E-state index in [1.807, 2.05) is 32.9 Å². The molecule has 0 bridgehead atoms. The van der Waals surface area contributed by atoms with E-state index in [1.54, 1.807) is 6.20 Å². The summed E-state index contributed by atoms with van der Waals surface area (Å²) in [7, 11) is 0. The van der Waals surface area contributed by atoms with Crippen molar-refractivity contribution in [1.82, 2.24) is 14.8 Å². The van der Waals surface area contributed by atoms with E-state index < -0.39 is 0 Å². The van der Waals surface area contributed by atoms with Gasteiger partial charge in [0.2, 0.25) is 0 Å². The van der Waals surface area contributed by atoms with Crippen molar-refractivity contribution >= 4 is 11.6 Å². The normalized spacial score (nSPS) is 10.5. The highest BCUT2D eigenvalue weighted by molar-refractivity contribution is 5.65. The zero-order valence-corrected chi connectivity index (χ0v) is 11.2. The molecule has 19 heavy (non-hydrogen) atoms. The van der Waals surface area contributed by atoms with Gasteiger partial charge in [-0.05, 0) is 38.5 Å². The van der Waals surface area contributed by atoms with Gasteiger partial charge in [-0.1, -0.05) is 0 Å². The number of aryl methyl sites for hydroxylation is 1. The Labute approximate surface area is 111 Å². The lowest BCUT2D eigenvalue weighted by atomic mass is 10.3. The van der Waals surface area contributed by atoms with Crippen molar-refractivity contribution < 1.29 is 0 Å². The van der Waals surface area contributed by atoms with Crippen LogP contribution in [0.15, 0.2) is 18.3 Å². The second kappa shape index (κ2) is 4.98. The van der Waals surface area contributed by atoms with Crippen LogP contribution < -0.4 is 11.1 Å². The number of nitrogens with zero attached hydrogens (tertiary/aromatic N) is 4. The van der Waals surface area contributed by atoms with Gasteiger partial charge in [-0.25, -0.2) is 4.98 Å². The zero-order valence-electron chi connectivity index (χ0n) is 11.2. The number of nitriles is 1. The minimum absolute atomic E-state index is 0.167. The van der Waals surface area contributed by atoms with Crippen molar-refractivity contribution in [3.8, 4) is 11.9 Å². The van der Waals surface area contributed by atoms with Crippen molar-refractivity contribution in [2.45, 2.75) is 26.8 Å². The Kier molecular flexibility index (Phi) is 3.38. The Balaban J connectivity index is 2.54. The van der Waals surface area contributed by atoms with Gasteiger partial charge < -0.3 is 11.1 Å². The molecule has 0 fully saturated rings. The summed E-state index contributed by atoms with van der Waals surface area (Å²) in [6, 6.07) is 6.00. The highest BCUT2D eigenvalue weighted by Crippen LogP contribution is 2.23. The molecule has 3 N–H and O–H groups in total. The van der Waals surface area contributed by atoms with Crippen LogP contribution in [-0.2, 0) is 0 Å². The van der Waals surface area contributed by atoms with E-state index in [-0.39, 0.29) is 6.04 Å².